The highest BCUT2D eigenvalue weighted by Crippen LogP contribution is 2.39. The lowest BCUT2D eigenvalue weighted by molar-refractivity contribution is -0.144. The number of nitrogens with one attached hydrogen (secondary N) is 1. The van der Waals surface area contributed by atoms with Crippen molar-refractivity contribution in [1.82, 2.24) is 9.88 Å². The molecule has 2 aromatic rings. The number of amides is 1. The molecule has 1 atom stereocenters. The first kappa shape index (κ1) is 22.0. The van der Waals surface area contributed by atoms with Crippen molar-refractivity contribution in [2.24, 2.45) is 5.92 Å². The molecule has 7 nitrogen and oxygen atoms in total. The molecule has 10 heteroatoms. The highest BCUT2D eigenvalue weighted by Gasteiger charge is 2.39. The third kappa shape index (κ3) is 4.77. The molecular formula is C23H26F3N5O2. The normalized spacial score (nSPS) is 21.2. The maximum absolute atomic E-state index is 13.7. The van der Waals surface area contributed by atoms with E-state index in [0.717, 1.165) is 35.7 Å². The molecule has 0 radical (unpaired) electrons. The molecule has 5 rings (SSSR count). The van der Waals surface area contributed by atoms with Gasteiger partial charge in [-0.05, 0) is 37.2 Å². The van der Waals surface area contributed by atoms with E-state index in [2.05, 4.69) is 15.2 Å². The van der Waals surface area contributed by atoms with Crippen LogP contribution in [0.5, 0.6) is 0 Å². The van der Waals surface area contributed by atoms with Crippen LogP contribution < -0.4 is 15.1 Å². The highest BCUT2D eigenvalue weighted by atomic mass is 19.4. The molecule has 0 spiro atoms. The molecule has 1 aromatic heterocycles. The van der Waals surface area contributed by atoms with E-state index in [0.29, 0.717) is 32.0 Å². The Morgan fingerprint density at radius 2 is 2.00 bits per heavy atom. The smallest absolute Gasteiger partial charge is 0.378 e. The highest BCUT2D eigenvalue weighted by molar-refractivity contribution is 6.00. The monoisotopic (exact) mass is 461 g/mol. The number of aromatic nitrogens is 1. The Labute approximate surface area is 190 Å². The van der Waals surface area contributed by atoms with Crippen LogP contribution in [-0.4, -0.2) is 67.9 Å². The molecule has 4 heterocycles. The van der Waals surface area contributed by atoms with Crippen molar-refractivity contribution in [3.63, 3.8) is 0 Å². The number of rotatable bonds is 3. The fraction of sp³-hybridized carbons (Fsp3) is 0.478. The number of ether oxygens (including phenoxy) is 1. The number of halogens is 3. The van der Waals surface area contributed by atoms with Crippen LogP contribution in [0, 0.1) is 5.92 Å². The average Bonchev–Trinajstić information content (AvgIpc) is 3.18. The van der Waals surface area contributed by atoms with Gasteiger partial charge in [0.25, 0.3) is 0 Å². The fourth-order valence-electron chi connectivity index (χ4n) is 4.78. The molecule has 1 amide bonds. The second kappa shape index (κ2) is 8.83. The SMILES string of the molecule is O=C(C1CCN(CC(F)(F)F)C1)N1Cc2cccnc2Nc2ccc(N3CCOCC3)cc21. The van der Waals surface area contributed by atoms with Crippen molar-refractivity contribution >= 4 is 28.8 Å². The first-order chi connectivity index (χ1) is 15.9. The average molecular weight is 461 g/mol. The van der Waals surface area contributed by atoms with Crippen molar-refractivity contribution in [2.45, 2.75) is 19.1 Å². The number of carbonyl (C=O) groups excluding carboxylic acids is 1. The summed E-state index contributed by atoms with van der Waals surface area (Å²) in [6.45, 7) is 2.51. The Hall–Kier alpha value is -2.85. The van der Waals surface area contributed by atoms with Crippen LogP contribution in [0.3, 0.4) is 0 Å². The third-order valence-corrected chi connectivity index (χ3v) is 6.41. The minimum atomic E-state index is -4.27. The molecule has 1 unspecified atom stereocenters. The third-order valence-electron chi connectivity index (χ3n) is 6.41. The Bertz CT molecular complexity index is 1030. The van der Waals surface area contributed by atoms with E-state index in [9.17, 15) is 18.0 Å². The van der Waals surface area contributed by atoms with Gasteiger partial charge < -0.3 is 19.9 Å². The van der Waals surface area contributed by atoms with Gasteiger partial charge in [0.05, 0.1) is 43.6 Å². The van der Waals surface area contributed by atoms with E-state index in [1.165, 1.54) is 4.90 Å². The van der Waals surface area contributed by atoms with Gasteiger partial charge in [-0.2, -0.15) is 13.2 Å². The van der Waals surface area contributed by atoms with Crippen molar-refractivity contribution in [2.75, 3.05) is 61.1 Å². The molecule has 0 aliphatic carbocycles. The van der Waals surface area contributed by atoms with Gasteiger partial charge in [-0.3, -0.25) is 9.69 Å². The molecule has 33 heavy (non-hydrogen) atoms. The summed E-state index contributed by atoms with van der Waals surface area (Å²) in [5, 5.41) is 3.34. The van der Waals surface area contributed by atoms with Crippen molar-refractivity contribution < 1.29 is 22.7 Å². The number of nitrogens with zero attached hydrogens (tertiary/aromatic N) is 4. The Balaban J connectivity index is 1.46. The number of morpholine rings is 1. The number of alkyl halides is 3. The van der Waals surface area contributed by atoms with E-state index < -0.39 is 18.6 Å². The van der Waals surface area contributed by atoms with Gasteiger partial charge in [0.15, 0.2) is 0 Å². The molecule has 2 fully saturated rings. The van der Waals surface area contributed by atoms with Gasteiger partial charge in [0.2, 0.25) is 5.91 Å². The lowest BCUT2D eigenvalue weighted by Crippen LogP contribution is -2.39. The van der Waals surface area contributed by atoms with Gasteiger partial charge in [-0.25, -0.2) is 4.98 Å². The zero-order valence-corrected chi connectivity index (χ0v) is 18.1. The van der Waals surface area contributed by atoms with Crippen molar-refractivity contribution in [3.05, 3.63) is 42.1 Å². The minimum Gasteiger partial charge on any atom is -0.378 e. The molecule has 176 valence electrons. The summed E-state index contributed by atoms with van der Waals surface area (Å²) < 4.78 is 44.0. The van der Waals surface area contributed by atoms with Crippen LogP contribution in [0.1, 0.15) is 12.0 Å². The summed E-state index contributed by atoms with van der Waals surface area (Å²) in [5.74, 6) is 0.0438. The van der Waals surface area contributed by atoms with Crippen LogP contribution >= 0.6 is 0 Å². The fourth-order valence-corrected chi connectivity index (χ4v) is 4.78. The first-order valence-electron chi connectivity index (χ1n) is 11.2. The lowest BCUT2D eigenvalue weighted by atomic mass is 10.1. The Morgan fingerprint density at radius 1 is 1.18 bits per heavy atom. The van der Waals surface area contributed by atoms with Crippen LogP contribution in [0.25, 0.3) is 0 Å². The molecular weight excluding hydrogens is 435 g/mol. The summed E-state index contributed by atoms with van der Waals surface area (Å²) in [7, 11) is 0. The maximum atomic E-state index is 13.7. The topological polar surface area (TPSA) is 60.9 Å². The number of benzene rings is 1. The number of fused-ring (bicyclic) bond motifs is 2. The molecule has 1 N–H and O–H groups in total. The quantitative estimate of drug-likeness (QED) is 0.756. The molecule has 0 bridgehead atoms. The van der Waals surface area contributed by atoms with Gasteiger partial charge in [-0.15, -0.1) is 0 Å². The first-order valence-corrected chi connectivity index (χ1v) is 11.2. The van der Waals surface area contributed by atoms with Crippen LogP contribution in [-0.2, 0) is 16.1 Å². The standard InChI is InChI=1S/C23H26F3N5O2/c24-23(25,26)15-29-7-5-17(13-29)22(32)31-14-16-2-1-6-27-21(16)28-19-4-3-18(12-20(19)31)30-8-10-33-11-9-30/h1-4,6,12,17H,5,7-11,13-15H2,(H,27,28). The van der Waals surface area contributed by atoms with Gasteiger partial charge >= 0.3 is 6.18 Å². The van der Waals surface area contributed by atoms with Crippen LogP contribution in [0.4, 0.5) is 36.1 Å². The largest absolute Gasteiger partial charge is 0.401 e. The summed E-state index contributed by atoms with van der Waals surface area (Å²) >= 11 is 0. The van der Waals surface area contributed by atoms with Gasteiger partial charge in [-0.1, -0.05) is 6.07 Å². The van der Waals surface area contributed by atoms with E-state index in [1.54, 1.807) is 11.1 Å². The zero-order chi connectivity index (χ0) is 23.0. The van der Waals surface area contributed by atoms with E-state index in [-0.39, 0.29) is 19.0 Å². The molecule has 3 aliphatic rings. The molecule has 3 aliphatic heterocycles. The van der Waals surface area contributed by atoms with Gasteiger partial charge in [0.1, 0.15) is 5.82 Å². The van der Waals surface area contributed by atoms with Gasteiger partial charge in [0, 0.05) is 37.1 Å². The number of pyridine rings is 1. The zero-order valence-electron chi connectivity index (χ0n) is 18.1. The van der Waals surface area contributed by atoms with Crippen LogP contribution in [0.15, 0.2) is 36.5 Å². The van der Waals surface area contributed by atoms with Crippen LogP contribution in [0.2, 0.25) is 0 Å². The number of hydrogen-bond donors (Lipinski definition) is 1. The van der Waals surface area contributed by atoms with Crippen molar-refractivity contribution in [3.8, 4) is 0 Å². The second-order valence-electron chi connectivity index (χ2n) is 8.70. The summed E-state index contributed by atoms with van der Waals surface area (Å²) in [4.78, 5) is 23.3. The Morgan fingerprint density at radius 3 is 2.79 bits per heavy atom. The van der Waals surface area contributed by atoms with E-state index in [1.807, 2.05) is 30.3 Å². The number of carbonyl (C=O) groups is 1. The maximum Gasteiger partial charge on any atom is 0.401 e. The summed E-state index contributed by atoms with van der Waals surface area (Å²) in [6, 6.07) is 9.66. The van der Waals surface area contributed by atoms with E-state index >= 15 is 0 Å². The predicted molar refractivity (Wildman–Crippen MR) is 119 cm³/mol. The number of likely N-dealkylation sites (tertiary alicyclic amines) is 1. The van der Waals surface area contributed by atoms with Crippen molar-refractivity contribution in [1.29, 1.82) is 0 Å². The molecule has 1 aromatic carbocycles. The molecule has 2 saturated heterocycles. The van der Waals surface area contributed by atoms with E-state index in [4.69, 9.17) is 4.74 Å². The minimum absolute atomic E-state index is 0.112. The second-order valence-corrected chi connectivity index (χ2v) is 8.70. The predicted octanol–water partition coefficient (Wildman–Crippen LogP) is 3.39. The molecule has 0 saturated carbocycles. The Kier molecular flexibility index (Phi) is 5.88. The summed E-state index contributed by atoms with van der Waals surface area (Å²) in [6.07, 6.45) is -2.16. The number of anilines is 4. The lowest BCUT2D eigenvalue weighted by Gasteiger charge is -2.31. The summed E-state index contributed by atoms with van der Waals surface area (Å²) in [5.41, 5.74) is 3.32. The number of hydrogen-bond acceptors (Lipinski definition) is 6.